The molecule has 0 N–H and O–H groups in total. The fourth-order valence-electron chi connectivity index (χ4n) is 4.11. The molecule has 1 heterocycles. The van der Waals surface area contributed by atoms with Gasteiger partial charge >= 0.3 is 0 Å². The average Bonchev–Trinajstić information content (AvgIpc) is 3.06. The molecule has 0 bridgehead atoms. The van der Waals surface area contributed by atoms with Crippen molar-refractivity contribution in [2.75, 3.05) is 6.54 Å². The number of amides is 2. The molecule has 0 spiro atoms. The van der Waals surface area contributed by atoms with Gasteiger partial charge in [0.1, 0.15) is 11.5 Å². The van der Waals surface area contributed by atoms with Crippen molar-refractivity contribution in [2.24, 2.45) is 0 Å². The van der Waals surface area contributed by atoms with E-state index in [1.165, 1.54) is 6.07 Å². The molecule has 3 aromatic rings. The number of imide groups is 1. The van der Waals surface area contributed by atoms with Gasteiger partial charge in [-0.1, -0.05) is 66.7 Å². The third-order valence-electron chi connectivity index (χ3n) is 6.14. The number of halogens is 1. The van der Waals surface area contributed by atoms with Gasteiger partial charge in [-0.3, -0.25) is 14.5 Å². The maximum atomic E-state index is 14.4. The van der Waals surface area contributed by atoms with E-state index in [4.69, 9.17) is 0 Å². The lowest BCUT2D eigenvalue weighted by Gasteiger charge is -2.25. The van der Waals surface area contributed by atoms with Gasteiger partial charge in [0.25, 0.3) is 11.8 Å². The highest BCUT2D eigenvalue weighted by Crippen LogP contribution is 2.34. The van der Waals surface area contributed by atoms with E-state index in [1.54, 1.807) is 18.2 Å². The summed E-state index contributed by atoms with van der Waals surface area (Å²) in [4.78, 5) is 30.3. The standard InChI is InChI=1S/C28H27FN2O2/c1-4-30(17-21-10-6-5-7-11-21)26-25(22-15-14-19(2)20(3)16-22)27(32)31(28(26)33)18-23-12-8-9-13-24(23)29/h5-16H,4,17-18H2,1-3H3. The minimum atomic E-state index is -0.434. The van der Waals surface area contributed by atoms with Crippen molar-refractivity contribution in [3.63, 3.8) is 0 Å². The van der Waals surface area contributed by atoms with Gasteiger partial charge in [-0.25, -0.2) is 4.39 Å². The Morgan fingerprint density at radius 2 is 1.55 bits per heavy atom. The Morgan fingerprint density at radius 1 is 0.848 bits per heavy atom. The van der Waals surface area contributed by atoms with E-state index in [0.29, 0.717) is 35.5 Å². The quantitative estimate of drug-likeness (QED) is 0.470. The van der Waals surface area contributed by atoms with Gasteiger partial charge in [0.05, 0.1) is 12.1 Å². The van der Waals surface area contributed by atoms with Crippen LogP contribution in [0.4, 0.5) is 4.39 Å². The van der Waals surface area contributed by atoms with E-state index in [1.807, 2.05) is 74.2 Å². The lowest BCUT2D eigenvalue weighted by Crippen LogP contribution is -2.35. The first kappa shape index (κ1) is 22.5. The molecule has 0 fully saturated rings. The fraction of sp³-hybridized carbons (Fsp3) is 0.214. The zero-order chi connectivity index (χ0) is 23.5. The molecule has 2 amide bonds. The summed E-state index contributed by atoms with van der Waals surface area (Å²) in [5, 5.41) is 0. The second kappa shape index (κ2) is 9.41. The number of carbonyl (C=O) groups is 2. The van der Waals surface area contributed by atoms with Crippen molar-refractivity contribution in [2.45, 2.75) is 33.9 Å². The third kappa shape index (κ3) is 4.44. The van der Waals surface area contributed by atoms with Crippen LogP contribution in [0.15, 0.2) is 78.5 Å². The van der Waals surface area contributed by atoms with Crippen LogP contribution in [0.2, 0.25) is 0 Å². The largest absolute Gasteiger partial charge is 0.362 e. The Hall–Kier alpha value is -3.73. The molecule has 0 aliphatic carbocycles. The molecule has 0 aromatic heterocycles. The molecular formula is C28H27FN2O2. The maximum absolute atomic E-state index is 14.4. The minimum Gasteiger partial charge on any atom is -0.362 e. The molecule has 0 radical (unpaired) electrons. The predicted octanol–water partition coefficient (Wildman–Crippen LogP) is 5.24. The number of hydrogen-bond donors (Lipinski definition) is 0. The Balaban J connectivity index is 1.79. The Morgan fingerprint density at radius 3 is 2.21 bits per heavy atom. The lowest BCUT2D eigenvalue weighted by atomic mass is 9.99. The molecule has 5 heteroatoms. The van der Waals surface area contributed by atoms with Crippen LogP contribution in [0, 0.1) is 19.7 Å². The first-order chi connectivity index (χ1) is 15.9. The van der Waals surface area contributed by atoms with Crippen LogP contribution in [0.1, 0.15) is 34.7 Å². The molecule has 3 aromatic carbocycles. The molecule has 1 aliphatic rings. The fourth-order valence-corrected chi connectivity index (χ4v) is 4.11. The second-order valence-corrected chi connectivity index (χ2v) is 8.31. The van der Waals surface area contributed by atoms with E-state index < -0.39 is 17.6 Å². The average molecular weight is 443 g/mol. The van der Waals surface area contributed by atoms with Crippen LogP contribution in [-0.2, 0) is 22.7 Å². The van der Waals surface area contributed by atoms with Gasteiger partial charge in [0, 0.05) is 18.7 Å². The van der Waals surface area contributed by atoms with Crippen LogP contribution in [0.25, 0.3) is 5.57 Å². The van der Waals surface area contributed by atoms with Gasteiger partial charge in [-0.2, -0.15) is 0 Å². The van der Waals surface area contributed by atoms with E-state index in [-0.39, 0.29) is 6.54 Å². The lowest BCUT2D eigenvalue weighted by molar-refractivity contribution is -0.138. The molecule has 0 saturated carbocycles. The van der Waals surface area contributed by atoms with E-state index in [0.717, 1.165) is 21.6 Å². The molecule has 4 nitrogen and oxygen atoms in total. The van der Waals surface area contributed by atoms with Crippen LogP contribution < -0.4 is 0 Å². The van der Waals surface area contributed by atoms with Crippen LogP contribution in [0.5, 0.6) is 0 Å². The summed E-state index contributed by atoms with van der Waals surface area (Å²) < 4.78 is 14.4. The molecule has 0 unspecified atom stereocenters. The minimum absolute atomic E-state index is 0.106. The summed E-state index contributed by atoms with van der Waals surface area (Å²) in [5.41, 5.74) is 4.94. The Bertz CT molecular complexity index is 1230. The monoisotopic (exact) mass is 442 g/mol. The zero-order valence-electron chi connectivity index (χ0n) is 19.1. The molecule has 0 saturated heterocycles. The molecule has 168 valence electrons. The maximum Gasteiger partial charge on any atom is 0.278 e. The van der Waals surface area contributed by atoms with Crippen molar-refractivity contribution in [3.05, 3.63) is 112 Å². The number of likely N-dealkylation sites (N-methyl/N-ethyl adjacent to an activating group) is 1. The molecule has 0 atom stereocenters. The normalized spacial score (nSPS) is 13.8. The van der Waals surface area contributed by atoms with Crippen molar-refractivity contribution >= 4 is 17.4 Å². The number of hydrogen-bond acceptors (Lipinski definition) is 3. The van der Waals surface area contributed by atoms with Gasteiger partial charge in [-0.05, 0) is 49.1 Å². The number of carbonyl (C=O) groups excluding carboxylic acids is 2. The highest BCUT2D eigenvalue weighted by Gasteiger charge is 2.41. The molecule has 33 heavy (non-hydrogen) atoms. The summed E-state index contributed by atoms with van der Waals surface area (Å²) in [5.74, 6) is -1.22. The van der Waals surface area contributed by atoms with Crippen LogP contribution in [-0.4, -0.2) is 28.2 Å². The van der Waals surface area contributed by atoms with Gasteiger partial charge in [0.2, 0.25) is 0 Å². The van der Waals surface area contributed by atoms with E-state index in [2.05, 4.69) is 0 Å². The summed E-state index contributed by atoms with van der Waals surface area (Å²) >= 11 is 0. The Labute approximate surface area is 194 Å². The number of benzene rings is 3. The van der Waals surface area contributed by atoms with E-state index in [9.17, 15) is 14.0 Å². The molecular weight excluding hydrogens is 415 g/mol. The first-order valence-electron chi connectivity index (χ1n) is 11.1. The summed E-state index contributed by atoms with van der Waals surface area (Å²) in [7, 11) is 0. The van der Waals surface area contributed by atoms with Crippen molar-refractivity contribution < 1.29 is 14.0 Å². The summed E-state index contributed by atoms with van der Waals surface area (Å²) in [6, 6.07) is 21.9. The molecule has 4 rings (SSSR count). The SMILES string of the molecule is CCN(Cc1ccccc1)C1=C(c2ccc(C)c(C)c2)C(=O)N(Cc2ccccc2F)C1=O. The highest BCUT2D eigenvalue weighted by atomic mass is 19.1. The second-order valence-electron chi connectivity index (χ2n) is 8.31. The smallest absolute Gasteiger partial charge is 0.278 e. The third-order valence-corrected chi connectivity index (χ3v) is 6.14. The number of rotatable bonds is 7. The Kier molecular flexibility index (Phi) is 6.40. The van der Waals surface area contributed by atoms with Gasteiger partial charge in [-0.15, -0.1) is 0 Å². The first-order valence-corrected chi connectivity index (χ1v) is 11.1. The summed E-state index contributed by atoms with van der Waals surface area (Å²) in [6.07, 6.45) is 0. The van der Waals surface area contributed by atoms with Crippen molar-refractivity contribution in [1.29, 1.82) is 0 Å². The predicted molar refractivity (Wildman–Crippen MR) is 127 cm³/mol. The van der Waals surface area contributed by atoms with Gasteiger partial charge in [0.15, 0.2) is 0 Å². The highest BCUT2D eigenvalue weighted by molar-refractivity contribution is 6.35. The zero-order valence-corrected chi connectivity index (χ0v) is 19.1. The van der Waals surface area contributed by atoms with Crippen LogP contribution >= 0.6 is 0 Å². The van der Waals surface area contributed by atoms with Crippen molar-refractivity contribution in [3.8, 4) is 0 Å². The number of aryl methyl sites for hydroxylation is 2. The number of nitrogens with zero attached hydrogens (tertiary/aromatic N) is 2. The van der Waals surface area contributed by atoms with Gasteiger partial charge < -0.3 is 4.90 Å². The van der Waals surface area contributed by atoms with Crippen LogP contribution in [0.3, 0.4) is 0 Å². The summed E-state index contributed by atoms with van der Waals surface area (Å²) in [6.45, 7) is 6.89. The van der Waals surface area contributed by atoms with Crippen molar-refractivity contribution in [1.82, 2.24) is 9.80 Å². The topological polar surface area (TPSA) is 40.6 Å². The molecule has 1 aliphatic heterocycles. The van der Waals surface area contributed by atoms with E-state index >= 15 is 0 Å².